The molecule has 2 heterocycles. The summed E-state index contributed by atoms with van der Waals surface area (Å²) >= 11 is 0. The van der Waals surface area contributed by atoms with Crippen LogP contribution in [-0.2, 0) is 0 Å². The first-order chi connectivity index (χ1) is 7.75. The molecule has 0 bridgehead atoms. The second-order valence-electron chi connectivity index (χ2n) is 3.94. The summed E-state index contributed by atoms with van der Waals surface area (Å²) in [6.07, 6.45) is 4.80. The number of fused-ring (bicyclic) bond motifs is 1. The molecule has 6 nitrogen and oxygen atoms in total. The molecule has 0 amide bonds. The molecule has 0 unspecified atom stereocenters. The Morgan fingerprint density at radius 3 is 2.94 bits per heavy atom. The molecule has 2 aromatic rings. The number of hydrogen-bond donors (Lipinski definition) is 1. The molecule has 1 aliphatic carbocycles. The van der Waals surface area contributed by atoms with E-state index >= 15 is 0 Å². The van der Waals surface area contributed by atoms with Crippen LogP contribution in [-0.4, -0.2) is 30.7 Å². The van der Waals surface area contributed by atoms with Gasteiger partial charge < -0.3 is 5.11 Å². The van der Waals surface area contributed by atoms with Gasteiger partial charge in [-0.25, -0.2) is 9.78 Å². The lowest BCUT2D eigenvalue weighted by molar-refractivity contribution is 0.0687. The van der Waals surface area contributed by atoms with Crippen molar-refractivity contribution >= 4 is 11.7 Å². The van der Waals surface area contributed by atoms with Gasteiger partial charge in [0.1, 0.15) is 0 Å². The Hall–Kier alpha value is -1.98. The third-order valence-corrected chi connectivity index (χ3v) is 2.95. The van der Waals surface area contributed by atoms with E-state index in [0.29, 0.717) is 17.5 Å². The van der Waals surface area contributed by atoms with E-state index in [9.17, 15) is 4.79 Å². The summed E-state index contributed by atoms with van der Waals surface area (Å²) in [5, 5.41) is 13.2. The highest BCUT2D eigenvalue weighted by molar-refractivity contribution is 5.85. The Kier molecular flexibility index (Phi) is 1.89. The molecule has 1 fully saturated rings. The average molecular weight is 218 g/mol. The van der Waals surface area contributed by atoms with Gasteiger partial charge in [0.25, 0.3) is 5.78 Å². The average Bonchev–Trinajstić information content (AvgIpc) is 2.56. The van der Waals surface area contributed by atoms with Crippen LogP contribution in [0.3, 0.4) is 0 Å². The van der Waals surface area contributed by atoms with Crippen LogP contribution in [0.25, 0.3) is 5.78 Å². The van der Waals surface area contributed by atoms with Gasteiger partial charge in [0.2, 0.25) is 0 Å². The molecule has 6 heteroatoms. The van der Waals surface area contributed by atoms with Gasteiger partial charge in [-0.05, 0) is 18.9 Å². The fraction of sp³-hybridized carbons (Fsp3) is 0.400. The molecule has 0 aromatic carbocycles. The van der Waals surface area contributed by atoms with E-state index in [1.807, 2.05) is 0 Å². The zero-order valence-electron chi connectivity index (χ0n) is 8.50. The molecule has 0 radical (unpaired) electrons. The summed E-state index contributed by atoms with van der Waals surface area (Å²) in [4.78, 5) is 19.2. The summed E-state index contributed by atoms with van der Waals surface area (Å²) in [6.45, 7) is 0. The summed E-state index contributed by atoms with van der Waals surface area (Å²) in [5.41, 5.74) is 0.100. The van der Waals surface area contributed by atoms with E-state index in [1.54, 1.807) is 0 Å². The molecule has 1 N–H and O–H groups in total. The second-order valence-corrected chi connectivity index (χ2v) is 3.94. The maximum Gasteiger partial charge on any atom is 0.354 e. The summed E-state index contributed by atoms with van der Waals surface area (Å²) in [7, 11) is 0. The largest absolute Gasteiger partial charge is 0.477 e. The predicted octanol–water partition coefficient (Wildman–Crippen LogP) is 1.09. The number of nitrogens with zero attached hydrogens (tertiary/aromatic N) is 4. The zero-order valence-corrected chi connectivity index (χ0v) is 8.50. The number of carbonyl (C=O) groups is 1. The molecule has 82 valence electrons. The summed E-state index contributed by atoms with van der Waals surface area (Å²) in [6, 6.07) is 1.43. The second kappa shape index (κ2) is 3.26. The molecule has 1 aliphatic rings. The van der Waals surface area contributed by atoms with Crippen LogP contribution in [0.2, 0.25) is 0 Å². The molecular formula is C10H10N4O2. The van der Waals surface area contributed by atoms with Crippen LogP contribution in [0, 0.1) is 0 Å². The van der Waals surface area contributed by atoms with E-state index in [4.69, 9.17) is 5.11 Å². The van der Waals surface area contributed by atoms with Gasteiger partial charge in [-0.3, -0.25) is 0 Å². The van der Waals surface area contributed by atoms with E-state index in [1.165, 1.54) is 23.2 Å². The molecule has 2 aromatic heterocycles. The quantitative estimate of drug-likeness (QED) is 0.816. The number of rotatable bonds is 2. The lowest BCUT2D eigenvalue weighted by Crippen LogP contribution is -2.11. The van der Waals surface area contributed by atoms with Crippen LogP contribution in [0.15, 0.2) is 12.3 Å². The van der Waals surface area contributed by atoms with Crippen LogP contribution in [0.1, 0.15) is 41.5 Å². The topological polar surface area (TPSA) is 80.4 Å². The minimum atomic E-state index is -1.02. The Bertz CT molecular complexity index is 559. The summed E-state index contributed by atoms with van der Waals surface area (Å²) < 4.78 is 1.30. The van der Waals surface area contributed by atoms with E-state index in [0.717, 1.165) is 12.8 Å². The van der Waals surface area contributed by atoms with Crippen molar-refractivity contribution in [3.63, 3.8) is 0 Å². The normalized spacial score (nSPS) is 16.2. The number of carboxylic acids is 1. The van der Waals surface area contributed by atoms with Crippen molar-refractivity contribution in [3.8, 4) is 0 Å². The molecule has 1 saturated carbocycles. The van der Waals surface area contributed by atoms with Crippen molar-refractivity contribution in [1.29, 1.82) is 0 Å². The molecular weight excluding hydrogens is 208 g/mol. The Morgan fingerprint density at radius 2 is 2.31 bits per heavy atom. The van der Waals surface area contributed by atoms with E-state index < -0.39 is 5.97 Å². The molecule has 3 rings (SSSR count). The third-order valence-electron chi connectivity index (χ3n) is 2.95. The number of aromatic nitrogens is 4. The van der Waals surface area contributed by atoms with Crippen molar-refractivity contribution in [2.45, 2.75) is 25.2 Å². The molecule has 0 saturated heterocycles. The number of aromatic carboxylic acids is 1. The smallest absolute Gasteiger partial charge is 0.354 e. The van der Waals surface area contributed by atoms with Gasteiger partial charge in [0.15, 0.2) is 11.5 Å². The first-order valence-corrected chi connectivity index (χ1v) is 5.20. The standard InChI is InChI=1S/C10H10N4O2/c15-9(16)7-4-5-11-10-12-8(13-14(7)10)6-2-1-3-6/h4-6H,1-3H2,(H,15,16). The first-order valence-electron chi connectivity index (χ1n) is 5.20. The SMILES string of the molecule is O=C(O)c1ccnc2nc(C3CCC3)nn12. The number of carboxylic acid groups (broad SMARTS) is 1. The molecule has 0 spiro atoms. The monoisotopic (exact) mass is 218 g/mol. The fourth-order valence-electron chi connectivity index (χ4n) is 1.81. The molecule has 0 atom stereocenters. The lowest BCUT2D eigenvalue weighted by atomic mass is 9.85. The maximum atomic E-state index is 11.0. The van der Waals surface area contributed by atoms with Crippen LogP contribution in [0.4, 0.5) is 0 Å². The summed E-state index contributed by atoms with van der Waals surface area (Å²) in [5.74, 6) is 0.440. The van der Waals surface area contributed by atoms with E-state index in [2.05, 4.69) is 15.1 Å². The van der Waals surface area contributed by atoms with Crippen molar-refractivity contribution in [2.75, 3.05) is 0 Å². The Balaban J connectivity index is 2.15. The minimum Gasteiger partial charge on any atom is -0.477 e. The van der Waals surface area contributed by atoms with Crippen molar-refractivity contribution < 1.29 is 9.90 Å². The van der Waals surface area contributed by atoms with Crippen molar-refractivity contribution in [1.82, 2.24) is 19.6 Å². The fourth-order valence-corrected chi connectivity index (χ4v) is 1.81. The number of hydrogen-bond acceptors (Lipinski definition) is 4. The highest BCUT2D eigenvalue weighted by atomic mass is 16.4. The molecule has 16 heavy (non-hydrogen) atoms. The Morgan fingerprint density at radius 1 is 1.50 bits per heavy atom. The zero-order chi connectivity index (χ0) is 11.1. The third kappa shape index (κ3) is 1.26. The lowest BCUT2D eigenvalue weighted by Gasteiger charge is -2.21. The van der Waals surface area contributed by atoms with Gasteiger partial charge in [0, 0.05) is 12.1 Å². The highest BCUT2D eigenvalue weighted by Crippen LogP contribution is 2.34. The van der Waals surface area contributed by atoms with Gasteiger partial charge in [-0.15, -0.1) is 5.10 Å². The van der Waals surface area contributed by atoms with Gasteiger partial charge in [-0.2, -0.15) is 9.50 Å². The highest BCUT2D eigenvalue weighted by Gasteiger charge is 2.25. The minimum absolute atomic E-state index is 0.100. The maximum absolute atomic E-state index is 11.0. The van der Waals surface area contributed by atoms with Gasteiger partial charge in [0.05, 0.1) is 0 Å². The predicted molar refractivity (Wildman–Crippen MR) is 54.3 cm³/mol. The van der Waals surface area contributed by atoms with Gasteiger partial charge >= 0.3 is 5.97 Å². The van der Waals surface area contributed by atoms with Crippen LogP contribution >= 0.6 is 0 Å². The van der Waals surface area contributed by atoms with Crippen LogP contribution < -0.4 is 0 Å². The van der Waals surface area contributed by atoms with Crippen LogP contribution in [0.5, 0.6) is 0 Å². The molecule has 0 aliphatic heterocycles. The van der Waals surface area contributed by atoms with E-state index in [-0.39, 0.29) is 5.69 Å². The van der Waals surface area contributed by atoms with Gasteiger partial charge in [-0.1, -0.05) is 6.42 Å². The van der Waals surface area contributed by atoms with Crippen molar-refractivity contribution in [2.24, 2.45) is 0 Å². The van der Waals surface area contributed by atoms with Crippen molar-refractivity contribution in [3.05, 3.63) is 23.8 Å². The first kappa shape index (κ1) is 9.26. The Labute approximate surface area is 91.0 Å².